The van der Waals surface area contributed by atoms with Gasteiger partial charge in [-0.2, -0.15) is 0 Å². The SMILES string of the molecule is CC(C)NC(=O)OC1CCN(c2ncnc3cnc4[nH]ccc4c23)CC1. The number of aromatic nitrogens is 4. The minimum atomic E-state index is -0.342. The maximum Gasteiger partial charge on any atom is 0.407 e. The van der Waals surface area contributed by atoms with E-state index in [2.05, 4.69) is 30.2 Å². The summed E-state index contributed by atoms with van der Waals surface area (Å²) in [5.41, 5.74) is 1.66. The molecule has 136 valence electrons. The van der Waals surface area contributed by atoms with Crippen LogP contribution in [0.2, 0.25) is 0 Å². The van der Waals surface area contributed by atoms with Crippen molar-refractivity contribution in [2.24, 2.45) is 0 Å². The van der Waals surface area contributed by atoms with Crippen LogP contribution in [0.5, 0.6) is 0 Å². The molecular formula is C18H22N6O2. The van der Waals surface area contributed by atoms with Gasteiger partial charge in [0.15, 0.2) is 0 Å². The molecule has 26 heavy (non-hydrogen) atoms. The first-order valence-electron chi connectivity index (χ1n) is 8.90. The summed E-state index contributed by atoms with van der Waals surface area (Å²) in [7, 11) is 0. The lowest BCUT2D eigenvalue weighted by Crippen LogP contribution is -2.41. The van der Waals surface area contributed by atoms with E-state index in [0.29, 0.717) is 0 Å². The second-order valence-corrected chi connectivity index (χ2v) is 6.85. The van der Waals surface area contributed by atoms with Gasteiger partial charge in [-0.3, -0.25) is 0 Å². The molecule has 4 rings (SSSR count). The van der Waals surface area contributed by atoms with Gasteiger partial charge in [0.1, 0.15) is 23.9 Å². The number of hydrogen-bond donors (Lipinski definition) is 2. The molecule has 1 amide bonds. The summed E-state index contributed by atoms with van der Waals surface area (Å²) in [5.74, 6) is 0.909. The van der Waals surface area contributed by atoms with Crippen molar-refractivity contribution in [1.82, 2.24) is 25.3 Å². The number of nitrogens with zero attached hydrogens (tertiary/aromatic N) is 4. The average Bonchev–Trinajstić information content (AvgIpc) is 3.10. The number of amides is 1. The molecule has 0 saturated carbocycles. The number of alkyl carbamates (subject to hydrolysis) is 1. The molecule has 4 heterocycles. The minimum Gasteiger partial charge on any atom is -0.446 e. The highest BCUT2D eigenvalue weighted by molar-refractivity contribution is 6.08. The highest BCUT2D eigenvalue weighted by Gasteiger charge is 2.25. The predicted molar refractivity (Wildman–Crippen MR) is 99.2 cm³/mol. The molecule has 0 aliphatic carbocycles. The third-order valence-corrected chi connectivity index (χ3v) is 4.59. The second kappa shape index (κ2) is 6.78. The van der Waals surface area contributed by atoms with E-state index < -0.39 is 0 Å². The number of ether oxygens (including phenoxy) is 1. The van der Waals surface area contributed by atoms with Crippen LogP contribution in [0.15, 0.2) is 24.8 Å². The van der Waals surface area contributed by atoms with Crippen LogP contribution in [0, 0.1) is 0 Å². The van der Waals surface area contributed by atoms with Crippen LogP contribution in [0.3, 0.4) is 0 Å². The molecular weight excluding hydrogens is 332 g/mol. The van der Waals surface area contributed by atoms with Gasteiger partial charge in [-0.15, -0.1) is 0 Å². The molecule has 3 aromatic heterocycles. The van der Waals surface area contributed by atoms with E-state index in [-0.39, 0.29) is 18.2 Å². The molecule has 0 unspecified atom stereocenters. The Morgan fingerprint density at radius 2 is 2.12 bits per heavy atom. The van der Waals surface area contributed by atoms with Crippen molar-refractivity contribution in [3.63, 3.8) is 0 Å². The highest BCUT2D eigenvalue weighted by Crippen LogP contribution is 2.31. The summed E-state index contributed by atoms with van der Waals surface area (Å²) in [5, 5.41) is 4.80. The van der Waals surface area contributed by atoms with Crippen molar-refractivity contribution in [3.8, 4) is 0 Å². The first-order chi connectivity index (χ1) is 12.6. The molecule has 8 nitrogen and oxygen atoms in total. The Balaban J connectivity index is 1.53. The van der Waals surface area contributed by atoms with Gasteiger partial charge in [-0.05, 0) is 19.9 Å². The van der Waals surface area contributed by atoms with E-state index in [9.17, 15) is 4.79 Å². The van der Waals surface area contributed by atoms with Crippen molar-refractivity contribution in [1.29, 1.82) is 0 Å². The number of piperidine rings is 1. The van der Waals surface area contributed by atoms with E-state index in [1.54, 1.807) is 12.5 Å². The zero-order valence-corrected chi connectivity index (χ0v) is 14.9. The Morgan fingerprint density at radius 1 is 1.31 bits per heavy atom. The monoisotopic (exact) mass is 354 g/mol. The fourth-order valence-corrected chi connectivity index (χ4v) is 3.39. The summed E-state index contributed by atoms with van der Waals surface area (Å²) in [6, 6.07) is 2.08. The van der Waals surface area contributed by atoms with Crippen LogP contribution in [-0.4, -0.2) is 51.3 Å². The molecule has 1 fully saturated rings. The van der Waals surface area contributed by atoms with E-state index in [0.717, 1.165) is 53.7 Å². The van der Waals surface area contributed by atoms with Crippen LogP contribution in [0.1, 0.15) is 26.7 Å². The number of fused-ring (bicyclic) bond motifs is 3. The first kappa shape index (κ1) is 16.6. The molecule has 8 heteroatoms. The van der Waals surface area contributed by atoms with Gasteiger partial charge in [-0.1, -0.05) is 0 Å². The fraction of sp³-hybridized carbons (Fsp3) is 0.444. The average molecular weight is 354 g/mol. The van der Waals surface area contributed by atoms with Gasteiger partial charge in [0.05, 0.1) is 17.1 Å². The third kappa shape index (κ3) is 3.14. The summed E-state index contributed by atoms with van der Waals surface area (Å²) in [4.78, 5) is 30.4. The zero-order valence-electron chi connectivity index (χ0n) is 14.9. The van der Waals surface area contributed by atoms with Crippen molar-refractivity contribution in [3.05, 3.63) is 24.8 Å². The number of nitrogens with one attached hydrogen (secondary N) is 2. The van der Waals surface area contributed by atoms with E-state index in [1.807, 2.05) is 26.1 Å². The van der Waals surface area contributed by atoms with Crippen molar-refractivity contribution in [2.45, 2.75) is 38.8 Å². The van der Waals surface area contributed by atoms with Gasteiger partial charge in [-0.25, -0.2) is 19.7 Å². The third-order valence-electron chi connectivity index (χ3n) is 4.59. The largest absolute Gasteiger partial charge is 0.446 e. The maximum atomic E-state index is 11.8. The van der Waals surface area contributed by atoms with Crippen molar-refractivity contribution >= 4 is 33.8 Å². The number of anilines is 1. The minimum absolute atomic E-state index is 0.0629. The number of carbonyl (C=O) groups is 1. The molecule has 0 aromatic carbocycles. The number of hydrogen-bond acceptors (Lipinski definition) is 6. The molecule has 0 atom stereocenters. The Bertz CT molecular complexity index is 930. The lowest BCUT2D eigenvalue weighted by molar-refractivity contribution is 0.0815. The number of H-pyrrole nitrogens is 1. The summed E-state index contributed by atoms with van der Waals surface area (Å²) >= 11 is 0. The topological polar surface area (TPSA) is 96.0 Å². The number of aromatic amines is 1. The van der Waals surface area contributed by atoms with Crippen LogP contribution < -0.4 is 10.2 Å². The van der Waals surface area contributed by atoms with E-state index in [1.165, 1.54) is 0 Å². The van der Waals surface area contributed by atoms with Crippen LogP contribution >= 0.6 is 0 Å². The Labute approximate surface area is 151 Å². The smallest absolute Gasteiger partial charge is 0.407 e. The first-order valence-corrected chi connectivity index (χ1v) is 8.90. The van der Waals surface area contributed by atoms with Gasteiger partial charge in [0, 0.05) is 43.6 Å². The summed E-state index contributed by atoms with van der Waals surface area (Å²) < 4.78 is 5.51. The highest BCUT2D eigenvalue weighted by atomic mass is 16.6. The van der Waals surface area contributed by atoms with Gasteiger partial charge in [0.2, 0.25) is 0 Å². The zero-order chi connectivity index (χ0) is 18.1. The standard InChI is InChI=1S/C18H22N6O2/c1-11(2)23-18(25)26-12-4-7-24(8-5-12)17-15-13-3-6-19-16(13)20-9-14(15)21-10-22-17/h3,6,9-12H,4-5,7-8H2,1-2H3,(H,19,20)(H,23,25). The second-order valence-electron chi connectivity index (χ2n) is 6.85. The molecule has 0 bridgehead atoms. The van der Waals surface area contributed by atoms with E-state index in [4.69, 9.17) is 4.74 Å². The van der Waals surface area contributed by atoms with Gasteiger partial charge >= 0.3 is 6.09 Å². The number of pyridine rings is 1. The lowest BCUT2D eigenvalue weighted by atomic mass is 10.1. The molecule has 1 aliphatic heterocycles. The molecule has 3 aromatic rings. The predicted octanol–water partition coefficient (Wildman–Crippen LogP) is 2.61. The molecule has 0 spiro atoms. The van der Waals surface area contributed by atoms with Crippen molar-refractivity contribution in [2.75, 3.05) is 18.0 Å². The van der Waals surface area contributed by atoms with Crippen LogP contribution in [0.25, 0.3) is 21.9 Å². The number of carbonyl (C=O) groups excluding carboxylic acids is 1. The quantitative estimate of drug-likeness (QED) is 0.750. The molecule has 1 saturated heterocycles. The van der Waals surface area contributed by atoms with Gasteiger partial charge in [0.25, 0.3) is 0 Å². The Hall–Kier alpha value is -2.90. The molecule has 2 N–H and O–H groups in total. The van der Waals surface area contributed by atoms with Gasteiger partial charge < -0.3 is 19.9 Å². The lowest BCUT2D eigenvalue weighted by Gasteiger charge is -2.33. The Morgan fingerprint density at radius 3 is 2.88 bits per heavy atom. The summed E-state index contributed by atoms with van der Waals surface area (Å²) in [6.07, 6.45) is 6.37. The fourth-order valence-electron chi connectivity index (χ4n) is 3.39. The normalized spacial score (nSPS) is 15.7. The maximum absolute atomic E-state index is 11.8. The van der Waals surface area contributed by atoms with E-state index >= 15 is 0 Å². The molecule has 0 radical (unpaired) electrons. The van der Waals surface area contributed by atoms with Crippen molar-refractivity contribution < 1.29 is 9.53 Å². The Kier molecular flexibility index (Phi) is 4.32. The van der Waals surface area contributed by atoms with Crippen LogP contribution in [0.4, 0.5) is 10.6 Å². The molecule has 1 aliphatic rings. The summed E-state index contributed by atoms with van der Waals surface area (Å²) in [6.45, 7) is 5.39. The number of rotatable bonds is 3. The van der Waals surface area contributed by atoms with Crippen LogP contribution in [-0.2, 0) is 4.74 Å².